The van der Waals surface area contributed by atoms with Crippen molar-refractivity contribution in [2.24, 2.45) is 11.7 Å². The topological polar surface area (TPSA) is 119 Å². The first-order chi connectivity index (χ1) is 14.9. The number of nitrogens with two attached hydrogens (primary N) is 1. The second-order valence-electron chi connectivity index (χ2n) is 7.42. The van der Waals surface area contributed by atoms with Gasteiger partial charge in [-0.2, -0.15) is 0 Å². The zero-order valence-corrected chi connectivity index (χ0v) is 17.0. The maximum atomic E-state index is 13.1. The highest BCUT2D eigenvalue weighted by molar-refractivity contribution is 6.01. The number of halogens is 1. The Morgan fingerprint density at radius 3 is 2.65 bits per heavy atom. The van der Waals surface area contributed by atoms with Crippen molar-refractivity contribution in [2.45, 2.75) is 19.8 Å². The van der Waals surface area contributed by atoms with Crippen LogP contribution < -0.4 is 16.0 Å². The summed E-state index contributed by atoms with van der Waals surface area (Å²) in [5.41, 5.74) is 6.53. The van der Waals surface area contributed by atoms with E-state index in [0.29, 0.717) is 23.7 Å². The molecule has 1 fully saturated rings. The third-order valence-electron chi connectivity index (χ3n) is 5.20. The van der Waals surface area contributed by atoms with Gasteiger partial charge in [-0.1, -0.05) is 0 Å². The fraction of sp³-hybridized carbons (Fsp3) is 0.286. The number of pyridine rings is 1. The van der Waals surface area contributed by atoms with E-state index < -0.39 is 5.91 Å². The first-order valence-corrected chi connectivity index (χ1v) is 9.92. The monoisotopic (exact) mass is 423 g/mol. The van der Waals surface area contributed by atoms with Gasteiger partial charge in [0.2, 0.25) is 11.7 Å². The van der Waals surface area contributed by atoms with Crippen molar-refractivity contribution in [2.75, 3.05) is 23.3 Å². The molecular formula is C21H22FN7O2. The van der Waals surface area contributed by atoms with E-state index in [1.165, 1.54) is 16.8 Å². The Bertz CT molecular complexity index is 1100. The van der Waals surface area contributed by atoms with Crippen molar-refractivity contribution in [3.63, 3.8) is 0 Å². The van der Waals surface area contributed by atoms with Crippen molar-refractivity contribution >= 4 is 23.3 Å². The van der Waals surface area contributed by atoms with E-state index >= 15 is 0 Å². The van der Waals surface area contributed by atoms with E-state index in [9.17, 15) is 14.0 Å². The highest BCUT2D eigenvalue weighted by atomic mass is 19.1. The van der Waals surface area contributed by atoms with Crippen LogP contribution in [0.1, 0.15) is 29.3 Å². The first-order valence-electron chi connectivity index (χ1n) is 9.92. The average Bonchev–Trinajstić information content (AvgIpc) is 3.17. The Morgan fingerprint density at radius 2 is 1.97 bits per heavy atom. The fourth-order valence-corrected chi connectivity index (χ4v) is 3.56. The number of nitrogens with one attached hydrogen (secondary N) is 1. The summed E-state index contributed by atoms with van der Waals surface area (Å²) < 4.78 is 14.6. The second kappa shape index (κ2) is 8.50. The predicted molar refractivity (Wildman–Crippen MR) is 112 cm³/mol. The number of amides is 2. The lowest BCUT2D eigenvalue weighted by molar-refractivity contribution is -0.122. The van der Waals surface area contributed by atoms with Gasteiger partial charge in [0.1, 0.15) is 17.5 Å². The Morgan fingerprint density at radius 1 is 1.19 bits per heavy atom. The largest absolute Gasteiger partial charge is 0.369 e. The summed E-state index contributed by atoms with van der Waals surface area (Å²) in [4.78, 5) is 34.6. The molecule has 0 bridgehead atoms. The zero-order chi connectivity index (χ0) is 22.0. The second-order valence-corrected chi connectivity index (χ2v) is 7.42. The Hall–Kier alpha value is -3.82. The van der Waals surface area contributed by atoms with Crippen LogP contribution in [0, 0.1) is 18.7 Å². The molecule has 31 heavy (non-hydrogen) atoms. The number of hydrogen-bond acceptors (Lipinski definition) is 6. The van der Waals surface area contributed by atoms with Crippen LogP contribution in [0.3, 0.4) is 0 Å². The van der Waals surface area contributed by atoms with E-state index in [4.69, 9.17) is 5.73 Å². The summed E-state index contributed by atoms with van der Waals surface area (Å²) >= 11 is 0. The summed E-state index contributed by atoms with van der Waals surface area (Å²) in [7, 11) is 0. The van der Waals surface area contributed by atoms with Crippen LogP contribution in [0.15, 0.2) is 42.6 Å². The standard InChI is InChI=1S/C21H22FN7O2/c1-13-25-20(27-29(13)17-7-4-15(22)5-8-17)21(31)26-16-6-9-18(24-11-16)28-10-2-3-14(12-28)19(23)30/h4-9,11,14H,2-3,10,12H2,1H3,(H2,23,30)(H,26,31). The van der Waals surface area contributed by atoms with Gasteiger partial charge in [-0.3, -0.25) is 9.59 Å². The van der Waals surface area contributed by atoms with Crippen molar-refractivity contribution in [3.8, 4) is 5.69 Å². The molecule has 1 aromatic carbocycles. The van der Waals surface area contributed by atoms with Gasteiger partial charge in [-0.25, -0.2) is 19.0 Å². The minimum absolute atomic E-state index is 0.00812. The predicted octanol–water partition coefficient (Wildman–Crippen LogP) is 2.06. The lowest BCUT2D eigenvalue weighted by atomic mass is 9.97. The molecule has 9 nitrogen and oxygen atoms in total. The molecule has 1 unspecified atom stereocenters. The molecule has 0 aliphatic carbocycles. The van der Waals surface area contributed by atoms with E-state index in [1.54, 1.807) is 37.4 Å². The molecule has 3 heterocycles. The number of anilines is 2. The lowest BCUT2D eigenvalue weighted by Gasteiger charge is -2.32. The quantitative estimate of drug-likeness (QED) is 0.648. The molecule has 10 heteroatoms. The summed E-state index contributed by atoms with van der Waals surface area (Å²) in [6.07, 6.45) is 3.21. The molecule has 1 aliphatic heterocycles. The van der Waals surface area contributed by atoms with E-state index in [-0.39, 0.29) is 23.5 Å². The molecular weight excluding hydrogens is 401 g/mol. The molecule has 1 aliphatic rings. The Kier molecular flexibility index (Phi) is 5.61. The molecule has 1 atom stereocenters. The fourth-order valence-electron chi connectivity index (χ4n) is 3.56. The third-order valence-corrected chi connectivity index (χ3v) is 5.20. The number of primary amides is 1. The molecule has 3 aromatic rings. The molecule has 0 radical (unpaired) electrons. The molecule has 0 saturated carbocycles. The van der Waals surface area contributed by atoms with E-state index in [1.807, 2.05) is 4.90 Å². The van der Waals surface area contributed by atoms with E-state index in [0.717, 1.165) is 25.2 Å². The van der Waals surface area contributed by atoms with E-state index in [2.05, 4.69) is 20.4 Å². The van der Waals surface area contributed by atoms with Crippen LogP contribution in [0.5, 0.6) is 0 Å². The number of aromatic nitrogens is 4. The number of aryl methyl sites for hydroxylation is 1. The molecule has 2 amide bonds. The third kappa shape index (κ3) is 4.52. The highest BCUT2D eigenvalue weighted by Gasteiger charge is 2.24. The minimum Gasteiger partial charge on any atom is -0.369 e. The van der Waals surface area contributed by atoms with Gasteiger partial charge in [0, 0.05) is 13.1 Å². The van der Waals surface area contributed by atoms with Gasteiger partial charge in [0.05, 0.1) is 23.5 Å². The Balaban J connectivity index is 1.44. The first kappa shape index (κ1) is 20.5. The van der Waals surface area contributed by atoms with Crippen LogP contribution in [0.2, 0.25) is 0 Å². The van der Waals surface area contributed by atoms with Crippen molar-refractivity contribution in [1.82, 2.24) is 19.7 Å². The van der Waals surface area contributed by atoms with Crippen molar-refractivity contribution < 1.29 is 14.0 Å². The smallest absolute Gasteiger partial charge is 0.295 e. The number of rotatable bonds is 5. The maximum absolute atomic E-state index is 13.1. The minimum atomic E-state index is -0.481. The van der Waals surface area contributed by atoms with Crippen LogP contribution in [-0.2, 0) is 4.79 Å². The summed E-state index contributed by atoms with van der Waals surface area (Å²) in [6.45, 7) is 3.05. The van der Waals surface area contributed by atoms with Crippen LogP contribution >= 0.6 is 0 Å². The molecule has 4 rings (SSSR count). The number of hydrogen-bond donors (Lipinski definition) is 2. The number of carbonyl (C=O) groups excluding carboxylic acids is 2. The maximum Gasteiger partial charge on any atom is 0.295 e. The summed E-state index contributed by atoms with van der Waals surface area (Å²) in [6, 6.07) is 9.27. The number of carbonyl (C=O) groups is 2. The van der Waals surface area contributed by atoms with Crippen LogP contribution in [-0.4, -0.2) is 44.7 Å². The number of piperidine rings is 1. The van der Waals surface area contributed by atoms with Crippen LogP contribution in [0.25, 0.3) is 5.69 Å². The molecule has 2 aromatic heterocycles. The lowest BCUT2D eigenvalue weighted by Crippen LogP contribution is -2.41. The molecule has 3 N–H and O–H groups in total. The molecule has 0 spiro atoms. The molecule has 1 saturated heterocycles. The SMILES string of the molecule is Cc1nc(C(=O)Nc2ccc(N3CCCC(C(N)=O)C3)nc2)nn1-c1ccc(F)cc1. The summed E-state index contributed by atoms with van der Waals surface area (Å²) in [5, 5.41) is 6.94. The van der Waals surface area contributed by atoms with Gasteiger partial charge in [-0.15, -0.1) is 5.10 Å². The Labute approximate surface area is 178 Å². The zero-order valence-electron chi connectivity index (χ0n) is 17.0. The van der Waals surface area contributed by atoms with Gasteiger partial charge in [0.25, 0.3) is 5.91 Å². The van der Waals surface area contributed by atoms with Gasteiger partial charge in [-0.05, 0) is 56.2 Å². The average molecular weight is 423 g/mol. The van der Waals surface area contributed by atoms with Gasteiger partial charge >= 0.3 is 0 Å². The number of benzene rings is 1. The summed E-state index contributed by atoms with van der Waals surface area (Å²) in [5.74, 6) is -0.101. The molecule has 160 valence electrons. The highest BCUT2D eigenvalue weighted by Crippen LogP contribution is 2.22. The van der Waals surface area contributed by atoms with Crippen molar-refractivity contribution in [1.29, 1.82) is 0 Å². The van der Waals surface area contributed by atoms with Gasteiger partial charge in [0.15, 0.2) is 0 Å². The van der Waals surface area contributed by atoms with Gasteiger partial charge < -0.3 is 16.0 Å². The normalized spacial score (nSPS) is 16.2. The van der Waals surface area contributed by atoms with Crippen molar-refractivity contribution in [3.05, 3.63) is 60.1 Å². The van der Waals surface area contributed by atoms with Crippen LogP contribution in [0.4, 0.5) is 15.9 Å². The number of nitrogens with zero attached hydrogens (tertiary/aromatic N) is 5.